The molecule has 0 N–H and O–H groups in total. The Morgan fingerprint density at radius 2 is 1.92 bits per heavy atom. The summed E-state index contributed by atoms with van der Waals surface area (Å²) in [5.41, 5.74) is 0.469. The van der Waals surface area contributed by atoms with Crippen LogP contribution in [-0.4, -0.2) is 16.1 Å². The van der Waals surface area contributed by atoms with Gasteiger partial charge in [0.05, 0.1) is 5.33 Å². The molecule has 12 heavy (non-hydrogen) atoms. The molecule has 0 spiro atoms. The average Bonchev–Trinajstić information content (AvgIpc) is 2.01. The number of hydrogen-bond acceptors (Lipinski definition) is 2. The fourth-order valence-electron chi connectivity index (χ4n) is 0.703. The van der Waals surface area contributed by atoms with Crippen molar-refractivity contribution >= 4 is 44.9 Å². The third kappa shape index (κ3) is 2.44. The van der Waals surface area contributed by atoms with E-state index in [0.717, 1.165) is 0 Å². The smallest absolute Gasteiger partial charge is 0.173 e. The van der Waals surface area contributed by atoms with Crippen LogP contribution in [0.15, 0.2) is 12.1 Å². The van der Waals surface area contributed by atoms with E-state index in [1.807, 2.05) is 0 Å². The van der Waals surface area contributed by atoms with Crippen molar-refractivity contribution in [3.05, 3.63) is 28.0 Å². The molecule has 0 saturated heterocycles. The van der Waals surface area contributed by atoms with Gasteiger partial charge in [-0.1, -0.05) is 39.1 Å². The zero-order valence-electron chi connectivity index (χ0n) is 5.85. The third-order valence-corrected chi connectivity index (χ3v) is 2.10. The summed E-state index contributed by atoms with van der Waals surface area (Å²) in [7, 11) is 0. The van der Waals surface area contributed by atoms with Crippen LogP contribution >= 0.6 is 39.1 Å². The first-order chi connectivity index (χ1) is 5.63. The van der Waals surface area contributed by atoms with Gasteiger partial charge in [-0.05, 0) is 12.1 Å². The van der Waals surface area contributed by atoms with Gasteiger partial charge in [-0.25, -0.2) is 4.98 Å². The number of nitrogens with zero attached hydrogens (tertiary/aromatic N) is 1. The van der Waals surface area contributed by atoms with E-state index >= 15 is 0 Å². The van der Waals surface area contributed by atoms with Gasteiger partial charge in [0.15, 0.2) is 5.78 Å². The standard InChI is InChI=1S/C7H4BrCl2NO/c8-3-5(12)4-1-6(9)11-7(10)2-4/h1-2H,3H2. The second-order valence-electron chi connectivity index (χ2n) is 2.06. The highest BCUT2D eigenvalue weighted by Crippen LogP contribution is 2.15. The molecule has 5 heteroatoms. The van der Waals surface area contributed by atoms with E-state index < -0.39 is 0 Å². The summed E-state index contributed by atoms with van der Waals surface area (Å²) in [4.78, 5) is 14.8. The van der Waals surface area contributed by atoms with E-state index in [4.69, 9.17) is 23.2 Å². The lowest BCUT2D eigenvalue weighted by atomic mass is 10.2. The van der Waals surface area contributed by atoms with Crippen molar-refractivity contribution in [3.8, 4) is 0 Å². The van der Waals surface area contributed by atoms with Crippen molar-refractivity contribution < 1.29 is 4.79 Å². The first-order valence-electron chi connectivity index (χ1n) is 3.05. The molecule has 2 nitrogen and oxygen atoms in total. The molecule has 0 atom stereocenters. The Kier molecular flexibility index (Phi) is 3.50. The second kappa shape index (κ2) is 4.21. The van der Waals surface area contributed by atoms with Gasteiger partial charge in [-0.15, -0.1) is 0 Å². The highest BCUT2D eigenvalue weighted by atomic mass is 79.9. The lowest BCUT2D eigenvalue weighted by Crippen LogP contribution is -2.00. The third-order valence-electron chi connectivity index (χ3n) is 1.21. The second-order valence-corrected chi connectivity index (χ2v) is 3.39. The molecule has 0 radical (unpaired) electrons. The van der Waals surface area contributed by atoms with Crippen molar-refractivity contribution in [2.75, 3.05) is 5.33 Å². The van der Waals surface area contributed by atoms with Gasteiger partial charge in [0.1, 0.15) is 10.3 Å². The van der Waals surface area contributed by atoms with Crippen LogP contribution in [0.3, 0.4) is 0 Å². The van der Waals surface area contributed by atoms with Crippen molar-refractivity contribution in [2.45, 2.75) is 0 Å². The molecule has 0 saturated carbocycles. The van der Waals surface area contributed by atoms with Gasteiger partial charge in [0, 0.05) is 5.56 Å². The topological polar surface area (TPSA) is 30.0 Å². The van der Waals surface area contributed by atoms with Crippen LogP contribution in [0.4, 0.5) is 0 Å². The van der Waals surface area contributed by atoms with Crippen molar-refractivity contribution in [1.82, 2.24) is 4.98 Å². The molecule has 0 bridgehead atoms. The number of carbonyl (C=O) groups is 1. The van der Waals surface area contributed by atoms with Gasteiger partial charge in [0.2, 0.25) is 0 Å². The molecule has 1 rings (SSSR count). The van der Waals surface area contributed by atoms with Gasteiger partial charge in [0.25, 0.3) is 0 Å². The molecular formula is C7H4BrCl2NO. The molecule has 1 aromatic rings. The number of pyridine rings is 1. The monoisotopic (exact) mass is 267 g/mol. The molecular weight excluding hydrogens is 265 g/mol. The van der Waals surface area contributed by atoms with Crippen LogP contribution in [0.1, 0.15) is 10.4 Å². The van der Waals surface area contributed by atoms with Gasteiger partial charge >= 0.3 is 0 Å². The molecule has 0 aromatic carbocycles. The minimum Gasteiger partial charge on any atom is -0.293 e. The maximum atomic E-state index is 11.1. The highest BCUT2D eigenvalue weighted by molar-refractivity contribution is 9.09. The number of Topliss-reactive ketones (excluding diaryl/α,β-unsaturated/α-hetero) is 1. The SMILES string of the molecule is O=C(CBr)c1cc(Cl)nc(Cl)c1. The van der Waals surface area contributed by atoms with E-state index in [-0.39, 0.29) is 21.4 Å². The number of ketones is 1. The first-order valence-corrected chi connectivity index (χ1v) is 4.93. The Morgan fingerprint density at radius 3 is 2.33 bits per heavy atom. The van der Waals surface area contributed by atoms with E-state index in [2.05, 4.69) is 20.9 Å². The summed E-state index contributed by atoms with van der Waals surface area (Å²) in [5, 5.41) is 0.711. The van der Waals surface area contributed by atoms with Crippen LogP contribution in [0.5, 0.6) is 0 Å². The van der Waals surface area contributed by atoms with Crippen molar-refractivity contribution in [1.29, 1.82) is 0 Å². The van der Waals surface area contributed by atoms with Crippen LogP contribution in [-0.2, 0) is 0 Å². The summed E-state index contributed by atoms with van der Waals surface area (Å²) < 4.78 is 0. The number of hydrogen-bond donors (Lipinski definition) is 0. The summed E-state index contributed by atoms with van der Waals surface area (Å²) in [5.74, 6) is -0.0683. The maximum absolute atomic E-state index is 11.1. The summed E-state index contributed by atoms with van der Waals surface area (Å²) in [6.45, 7) is 0. The van der Waals surface area contributed by atoms with E-state index in [9.17, 15) is 4.79 Å². The molecule has 0 unspecified atom stereocenters. The Hall–Kier alpha value is -0.120. The lowest BCUT2D eigenvalue weighted by molar-refractivity contribution is 0.102. The number of aromatic nitrogens is 1. The number of halogens is 3. The lowest BCUT2D eigenvalue weighted by Gasteiger charge is -1.97. The molecule has 1 aromatic heterocycles. The Bertz CT molecular complexity index is 296. The normalized spacial score (nSPS) is 9.92. The number of carbonyl (C=O) groups excluding carboxylic acids is 1. The van der Waals surface area contributed by atoms with Gasteiger partial charge < -0.3 is 0 Å². The quantitative estimate of drug-likeness (QED) is 0.469. The maximum Gasteiger partial charge on any atom is 0.173 e. The van der Waals surface area contributed by atoms with Crippen LogP contribution in [0.25, 0.3) is 0 Å². The average molecular weight is 269 g/mol. The van der Waals surface area contributed by atoms with E-state index in [1.54, 1.807) is 0 Å². The molecule has 0 aliphatic heterocycles. The van der Waals surface area contributed by atoms with E-state index in [1.165, 1.54) is 12.1 Å². The molecule has 0 fully saturated rings. The predicted octanol–water partition coefficient (Wildman–Crippen LogP) is 2.97. The number of rotatable bonds is 2. The predicted molar refractivity (Wildman–Crippen MR) is 52.4 cm³/mol. The minimum atomic E-state index is -0.0683. The van der Waals surface area contributed by atoms with Gasteiger partial charge in [-0.3, -0.25) is 4.79 Å². The fourth-order valence-corrected chi connectivity index (χ4v) is 1.49. The Balaban J connectivity index is 3.08. The van der Waals surface area contributed by atoms with E-state index in [0.29, 0.717) is 5.56 Å². The Morgan fingerprint density at radius 1 is 1.42 bits per heavy atom. The zero-order valence-corrected chi connectivity index (χ0v) is 8.95. The van der Waals surface area contributed by atoms with Crippen molar-refractivity contribution in [2.24, 2.45) is 0 Å². The van der Waals surface area contributed by atoms with Crippen LogP contribution in [0, 0.1) is 0 Å². The fraction of sp³-hybridized carbons (Fsp3) is 0.143. The van der Waals surface area contributed by atoms with Crippen LogP contribution in [0.2, 0.25) is 10.3 Å². The first kappa shape index (κ1) is 9.96. The van der Waals surface area contributed by atoms with Gasteiger partial charge in [-0.2, -0.15) is 0 Å². The minimum absolute atomic E-state index is 0.0683. The summed E-state index contributed by atoms with van der Waals surface area (Å²) in [6, 6.07) is 2.97. The summed E-state index contributed by atoms with van der Waals surface area (Å²) in [6.07, 6.45) is 0. The largest absolute Gasteiger partial charge is 0.293 e. The Labute approximate surface area is 88.0 Å². The molecule has 0 aliphatic rings. The molecule has 1 heterocycles. The number of alkyl halides is 1. The summed E-state index contributed by atoms with van der Waals surface area (Å²) >= 11 is 14.2. The molecule has 0 amide bonds. The molecule has 64 valence electrons. The highest BCUT2D eigenvalue weighted by Gasteiger charge is 2.06. The molecule has 0 aliphatic carbocycles. The van der Waals surface area contributed by atoms with Crippen LogP contribution < -0.4 is 0 Å². The zero-order chi connectivity index (χ0) is 9.14. The van der Waals surface area contributed by atoms with Crippen molar-refractivity contribution in [3.63, 3.8) is 0 Å².